The largest absolute Gasteiger partial charge is 0.354 e. The van der Waals surface area contributed by atoms with E-state index in [1.54, 1.807) is 12.1 Å². The number of hydrogen-bond donors (Lipinski definition) is 1. The van der Waals surface area contributed by atoms with Crippen molar-refractivity contribution < 1.29 is 8.42 Å². The smallest absolute Gasteiger partial charge is 0.201 e. The van der Waals surface area contributed by atoms with Crippen molar-refractivity contribution in [3.05, 3.63) is 47.9 Å². The van der Waals surface area contributed by atoms with Crippen LogP contribution in [0.3, 0.4) is 0 Å². The molecule has 186 valence electrons. The molecular weight excluding hydrogens is 461 g/mol. The third-order valence-electron chi connectivity index (χ3n) is 5.92. The average Bonchev–Trinajstić information content (AvgIpc) is 2.85. The zero-order valence-electron chi connectivity index (χ0n) is 20.7. The molecule has 1 atom stereocenters. The van der Waals surface area contributed by atoms with Gasteiger partial charge in [-0.2, -0.15) is 5.26 Å². The molecule has 0 radical (unpaired) electrons. The SMILES string of the molecule is CCCCCCCN(CCCCCCC)PNc1ccc(S(=O)(=O)C=CC#N)c2ccccc12. The van der Waals surface area contributed by atoms with Gasteiger partial charge in [0.2, 0.25) is 9.84 Å². The van der Waals surface area contributed by atoms with E-state index < -0.39 is 9.84 Å². The molecule has 0 aliphatic heterocycles. The Morgan fingerprint density at radius 2 is 1.47 bits per heavy atom. The lowest BCUT2D eigenvalue weighted by molar-refractivity contribution is 0.420. The van der Waals surface area contributed by atoms with Crippen LogP contribution in [-0.4, -0.2) is 26.2 Å². The van der Waals surface area contributed by atoms with Crippen molar-refractivity contribution in [2.45, 2.75) is 83.0 Å². The van der Waals surface area contributed by atoms with E-state index in [1.807, 2.05) is 30.3 Å². The minimum Gasteiger partial charge on any atom is -0.354 e. The van der Waals surface area contributed by atoms with Gasteiger partial charge in [-0.05, 0) is 25.0 Å². The Morgan fingerprint density at radius 3 is 2.06 bits per heavy atom. The van der Waals surface area contributed by atoms with Crippen LogP contribution >= 0.6 is 8.88 Å². The molecule has 0 bridgehead atoms. The maximum Gasteiger partial charge on any atom is 0.201 e. The first-order chi connectivity index (χ1) is 16.5. The van der Waals surface area contributed by atoms with Crippen LogP contribution < -0.4 is 5.09 Å². The summed E-state index contributed by atoms with van der Waals surface area (Å²) in [7, 11) is -3.23. The Kier molecular flexibility index (Phi) is 13.2. The van der Waals surface area contributed by atoms with Crippen molar-refractivity contribution in [3.63, 3.8) is 0 Å². The Bertz CT molecular complexity index is 1030. The Balaban J connectivity index is 2.12. The number of benzene rings is 2. The molecule has 0 fully saturated rings. The van der Waals surface area contributed by atoms with Gasteiger partial charge in [0, 0.05) is 49.9 Å². The maximum absolute atomic E-state index is 12.7. The second kappa shape index (κ2) is 15.9. The Morgan fingerprint density at radius 1 is 0.882 bits per heavy atom. The predicted octanol–water partition coefficient (Wildman–Crippen LogP) is 7.81. The highest BCUT2D eigenvalue weighted by molar-refractivity contribution is 7.94. The van der Waals surface area contributed by atoms with E-state index in [0.29, 0.717) is 14.3 Å². The molecule has 34 heavy (non-hydrogen) atoms. The molecule has 0 aliphatic rings. The zero-order chi connectivity index (χ0) is 24.7. The predicted molar refractivity (Wildman–Crippen MR) is 147 cm³/mol. The van der Waals surface area contributed by atoms with E-state index in [1.165, 1.54) is 64.2 Å². The van der Waals surface area contributed by atoms with Crippen LogP contribution in [-0.2, 0) is 9.84 Å². The highest BCUT2D eigenvalue weighted by Gasteiger charge is 2.16. The van der Waals surface area contributed by atoms with Crippen LogP contribution in [0.5, 0.6) is 0 Å². The number of allylic oxidation sites excluding steroid dienone is 1. The summed E-state index contributed by atoms with van der Waals surface area (Å²) in [5.41, 5.74) is 0.944. The van der Waals surface area contributed by atoms with Crippen LogP contribution in [0, 0.1) is 11.3 Å². The summed E-state index contributed by atoms with van der Waals surface area (Å²) in [4.78, 5) is 0.229. The molecule has 2 rings (SSSR count). The molecule has 0 aliphatic carbocycles. The fraction of sp³-hybridized carbons (Fsp3) is 0.519. The van der Waals surface area contributed by atoms with Gasteiger partial charge < -0.3 is 5.09 Å². The average molecular weight is 502 g/mol. The van der Waals surface area contributed by atoms with Gasteiger partial charge in [0.1, 0.15) is 0 Å². The zero-order valence-corrected chi connectivity index (χ0v) is 22.5. The van der Waals surface area contributed by atoms with E-state index in [0.717, 1.165) is 35.6 Å². The fourth-order valence-electron chi connectivity index (χ4n) is 4.00. The first-order valence-corrected chi connectivity index (χ1v) is 15.1. The number of sulfone groups is 1. The van der Waals surface area contributed by atoms with Crippen LogP contribution in [0.25, 0.3) is 10.8 Å². The fourth-order valence-corrected chi connectivity index (χ4v) is 6.16. The first kappa shape index (κ1) is 28.3. The lowest BCUT2D eigenvalue weighted by atomic mass is 10.1. The van der Waals surface area contributed by atoms with Crippen molar-refractivity contribution >= 4 is 35.2 Å². The molecule has 0 saturated heterocycles. The molecular formula is C27H40N3O2PS. The van der Waals surface area contributed by atoms with Crippen molar-refractivity contribution in [3.8, 4) is 6.07 Å². The Hall–Kier alpha value is -1.93. The number of nitrogens with one attached hydrogen (secondary N) is 1. The second-order valence-corrected chi connectivity index (χ2v) is 11.6. The number of hydrogen-bond acceptors (Lipinski definition) is 5. The quantitative estimate of drug-likeness (QED) is 0.136. The van der Waals surface area contributed by atoms with Crippen molar-refractivity contribution in [2.24, 2.45) is 0 Å². The monoisotopic (exact) mass is 501 g/mol. The maximum atomic E-state index is 12.7. The standard InChI is InChI=1S/C27H40N3O2PS/c1-3-5-7-9-13-21-30(22-14-10-8-6-4-2)33-29-26-18-19-27(34(31,32)23-15-20-28)25-17-12-11-16-24(25)26/h11-12,15-19,23,29,33H,3-10,13-14,21-22H2,1-2H3. The van der Waals surface area contributed by atoms with Crippen LogP contribution in [0.1, 0.15) is 78.1 Å². The minimum atomic E-state index is -3.68. The third-order valence-corrected chi connectivity index (χ3v) is 8.53. The molecule has 0 saturated carbocycles. The lowest BCUT2D eigenvalue weighted by Crippen LogP contribution is -2.19. The van der Waals surface area contributed by atoms with Gasteiger partial charge in [0.25, 0.3) is 0 Å². The highest BCUT2D eigenvalue weighted by Crippen LogP contribution is 2.34. The third kappa shape index (κ3) is 9.37. The van der Waals surface area contributed by atoms with E-state index in [4.69, 9.17) is 5.26 Å². The summed E-state index contributed by atoms with van der Waals surface area (Å²) < 4.78 is 27.9. The summed E-state index contributed by atoms with van der Waals surface area (Å²) in [6.45, 7) is 6.67. The molecule has 7 heteroatoms. The van der Waals surface area contributed by atoms with Crippen LogP contribution in [0.15, 0.2) is 52.8 Å². The minimum absolute atomic E-state index is 0.229. The molecule has 0 amide bonds. The van der Waals surface area contributed by atoms with Crippen molar-refractivity contribution in [2.75, 3.05) is 18.2 Å². The molecule has 0 aromatic heterocycles. The number of unbranched alkanes of at least 4 members (excludes halogenated alkanes) is 8. The Labute approximate surface area is 208 Å². The van der Waals surface area contributed by atoms with Crippen LogP contribution in [0.2, 0.25) is 0 Å². The van der Waals surface area contributed by atoms with Crippen molar-refractivity contribution in [1.29, 1.82) is 5.26 Å². The van der Waals surface area contributed by atoms with Gasteiger partial charge in [-0.25, -0.2) is 8.42 Å². The molecule has 0 spiro atoms. The topological polar surface area (TPSA) is 73.2 Å². The van der Waals surface area contributed by atoms with Gasteiger partial charge in [-0.15, -0.1) is 0 Å². The van der Waals surface area contributed by atoms with Crippen LogP contribution in [0.4, 0.5) is 5.69 Å². The summed E-state index contributed by atoms with van der Waals surface area (Å²) in [5.74, 6) is 0. The van der Waals surface area contributed by atoms with Gasteiger partial charge in [0.05, 0.1) is 11.0 Å². The molecule has 2 aromatic carbocycles. The van der Waals surface area contributed by atoms with E-state index in [9.17, 15) is 8.42 Å². The van der Waals surface area contributed by atoms with Crippen molar-refractivity contribution in [1.82, 2.24) is 4.67 Å². The number of rotatable bonds is 17. The number of nitriles is 1. The lowest BCUT2D eigenvalue weighted by Gasteiger charge is -2.23. The van der Waals surface area contributed by atoms with Gasteiger partial charge in [-0.3, -0.25) is 4.67 Å². The normalized spacial score (nSPS) is 12.3. The highest BCUT2D eigenvalue weighted by atomic mass is 32.2. The summed E-state index contributed by atoms with van der Waals surface area (Å²) in [5, 5.41) is 14.9. The van der Waals surface area contributed by atoms with E-state index >= 15 is 0 Å². The molecule has 0 heterocycles. The van der Waals surface area contributed by atoms with Gasteiger partial charge >= 0.3 is 0 Å². The number of fused-ring (bicyclic) bond motifs is 1. The number of nitrogens with zero attached hydrogens (tertiary/aromatic N) is 2. The van der Waals surface area contributed by atoms with Gasteiger partial charge in [-0.1, -0.05) is 89.5 Å². The molecule has 1 N–H and O–H groups in total. The molecule has 5 nitrogen and oxygen atoms in total. The summed E-state index contributed by atoms with van der Waals surface area (Å²) in [6.07, 6.45) is 13.7. The second-order valence-electron chi connectivity index (χ2n) is 8.69. The first-order valence-electron chi connectivity index (χ1n) is 12.6. The number of anilines is 1. The molecule has 2 aromatic rings. The summed E-state index contributed by atoms with van der Waals surface area (Å²) >= 11 is 0. The molecule has 1 unspecified atom stereocenters. The summed E-state index contributed by atoms with van der Waals surface area (Å²) in [6, 6.07) is 12.8. The van der Waals surface area contributed by atoms with E-state index in [2.05, 4.69) is 23.6 Å². The van der Waals surface area contributed by atoms with Gasteiger partial charge in [0.15, 0.2) is 0 Å². The van der Waals surface area contributed by atoms with E-state index in [-0.39, 0.29) is 4.90 Å².